The van der Waals surface area contributed by atoms with Crippen LogP contribution in [0.15, 0.2) is 46.0 Å². The van der Waals surface area contributed by atoms with E-state index in [4.69, 9.17) is 11.6 Å². The predicted molar refractivity (Wildman–Crippen MR) is 86.4 cm³/mol. The summed E-state index contributed by atoms with van der Waals surface area (Å²) >= 11 is 9.60. The van der Waals surface area contributed by atoms with Crippen molar-refractivity contribution in [1.29, 1.82) is 0 Å². The number of hydrogen-bond acceptors (Lipinski definition) is 3. The van der Waals surface area contributed by atoms with Gasteiger partial charge in [-0.15, -0.1) is 0 Å². The maximum absolute atomic E-state index is 12.5. The summed E-state index contributed by atoms with van der Waals surface area (Å²) in [4.78, 5) is 16.0. The minimum absolute atomic E-state index is 0.00287. The summed E-state index contributed by atoms with van der Waals surface area (Å²) in [5.41, 5.74) is 0.839. The second kappa shape index (κ2) is 7.89. The molecule has 0 unspecified atom stereocenters. The van der Waals surface area contributed by atoms with E-state index in [1.165, 1.54) is 18.3 Å². The van der Waals surface area contributed by atoms with Crippen molar-refractivity contribution in [3.63, 3.8) is 0 Å². The fourth-order valence-corrected chi connectivity index (χ4v) is 3.00. The first-order valence-corrected chi connectivity index (χ1v) is 8.14. The lowest BCUT2D eigenvalue weighted by Gasteiger charge is -2.10. The third-order valence-corrected chi connectivity index (χ3v) is 4.24. The molecule has 1 aromatic carbocycles. The van der Waals surface area contributed by atoms with Crippen LogP contribution in [-0.4, -0.2) is 16.6 Å². The number of pyridine rings is 1. The molecular weight excluding hydrogens is 398 g/mol. The van der Waals surface area contributed by atoms with Gasteiger partial charge in [-0.1, -0.05) is 33.6 Å². The van der Waals surface area contributed by atoms with E-state index in [9.17, 15) is 13.6 Å². The zero-order valence-corrected chi connectivity index (χ0v) is 14.2. The molecule has 0 bridgehead atoms. The number of nitrogens with zero attached hydrogens (tertiary/aromatic N) is 1. The van der Waals surface area contributed by atoms with Crippen LogP contribution in [0.3, 0.4) is 0 Å². The van der Waals surface area contributed by atoms with Gasteiger partial charge in [-0.3, -0.25) is 4.79 Å². The first-order valence-electron chi connectivity index (χ1n) is 6.09. The van der Waals surface area contributed by atoms with Gasteiger partial charge in [0.05, 0.1) is 5.56 Å². The molecule has 22 heavy (non-hydrogen) atoms. The number of halogens is 4. The first-order chi connectivity index (χ1) is 10.5. The Morgan fingerprint density at radius 2 is 2.18 bits per heavy atom. The molecule has 0 radical (unpaired) electrons. The Labute approximate surface area is 143 Å². The molecule has 0 aliphatic rings. The average Bonchev–Trinajstić information content (AvgIpc) is 2.46. The van der Waals surface area contributed by atoms with Crippen molar-refractivity contribution in [3.8, 4) is 0 Å². The third kappa shape index (κ3) is 4.66. The number of alkyl halides is 2. The van der Waals surface area contributed by atoms with Gasteiger partial charge in [0.2, 0.25) is 0 Å². The van der Waals surface area contributed by atoms with Crippen molar-refractivity contribution in [3.05, 3.63) is 57.2 Å². The molecular formula is C14H10BrClF2N2OS. The van der Waals surface area contributed by atoms with Crippen LogP contribution in [0.5, 0.6) is 0 Å². The van der Waals surface area contributed by atoms with Gasteiger partial charge in [-0.2, -0.15) is 8.78 Å². The Morgan fingerprint density at radius 1 is 1.41 bits per heavy atom. The van der Waals surface area contributed by atoms with Crippen LogP contribution in [0.1, 0.15) is 15.9 Å². The molecule has 8 heteroatoms. The molecule has 0 spiro atoms. The molecule has 3 nitrogen and oxygen atoms in total. The zero-order valence-electron chi connectivity index (χ0n) is 11.0. The number of thioether (sulfide) groups is 1. The van der Waals surface area contributed by atoms with Crippen LogP contribution in [0.4, 0.5) is 8.78 Å². The predicted octanol–water partition coefficient (Wildman–Crippen LogP) is 4.74. The van der Waals surface area contributed by atoms with Crippen molar-refractivity contribution >= 4 is 45.2 Å². The second-order valence-electron chi connectivity index (χ2n) is 4.15. The Balaban J connectivity index is 2.09. The second-order valence-corrected chi connectivity index (χ2v) is 6.45. The molecule has 0 atom stereocenters. The van der Waals surface area contributed by atoms with Crippen molar-refractivity contribution < 1.29 is 13.6 Å². The lowest BCUT2D eigenvalue weighted by atomic mass is 10.2. The first kappa shape index (κ1) is 17.2. The van der Waals surface area contributed by atoms with Crippen LogP contribution in [-0.2, 0) is 6.54 Å². The van der Waals surface area contributed by atoms with E-state index in [0.717, 1.165) is 10.0 Å². The van der Waals surface area contributed by atoms with Crippen molar-refractivity contribution in [2.75, 3.05) is 0 Å². The number of carbonyl (C=O) groups excluding carboxylic acids is 1. The van der Waals surface area contributed by atoms with E-state index in [1.54, 1.807) is 18.2 Å². The largest absolute Gasteiger partial charge is 0.348 e. The zero-order chi connectivity index (χ0) is 16.1. The minimum atomic E-state index is -2.64. The summed E-state index contributed by atoms with van der Waals surface area (Å²) in [5.74, 6) is -3.11. The highest BCUT2D eigenvalue weighted by molar-refractivity contribution is 9.10. The summed E-state index contributed by atoms with van der Waals surface area (Å²) in [6.45, 7) is 0.193. The van der Waals surface area contributed by atoms with Gasteiger partial charge in [-0.25, -0.2) is 4.98 Å². The summed E-state index contributed by atoms with van der Waals surface area (Å²) in [5, 5.41) is 3.15. The van der Waals surface area contributed by atoms with Gasteiger partial charge in [0.15, 0.2) is 0 Å². The van der Waals surface area contributed by atoms with E-state index < -0.39 is 11.7 Å². The van der Waals surface area contributed by atoms with Gasteiger partial charge < -0.3 is 5.32 Å². The number of benzene rings is 1. The molecule has 2 rings (SSSR count). The smallest absolute Gasteiger partial charge is 0.290 e. The quantitative estimate of drug-likeness (QED) is 0.728. The van der Waals surface area contributed by atoms with Crippen LogP contribution in [0, 0.1) is 0 Å². The molecule has 1 heterocycles. The van der Waals surface area contributed by atoms with E-state index in [-0.39, 0.29) is 28.9 Å². The molecule has 0 aliphatic carbocycles. The van der Waals surface area contributed by atoms with Crippen LogP contribution < -0.4 is 5.32 Å². The summed E-state index contributed by atoms with van der Waals surface area (Å²) in [6.07, 6.45) is 1.37. The number of hydrogen-bond donors (Lipinski definition) is 1. The standard InChI is InChI=1S/C14H10BrClF2N2OS/c15-9-4-3-8(11(16)6-9)7-20-12(21)10-2-1-5-19-13(10)22-14(17)18/h1-6,14H,7H2,(H,20,21). The lowest BCUT2D eigenvalue weighted by molar-refractivity contribution is 0.0947. The number of amides is 1. The van der Waals surface area contributed by atoms with E-state index in [2.05, 4.69) is 26.2 Å². The van der Waals surface area contributed by atoms with Gasteiger partial charge in [0.1, 0.15) is 5.03 Å². The third-order valence-electron chi connectivity index (χ3n) is 2.67. The molecule has 2 aromatic rings. The Morgan fingerprint density at radius 3 is 2.86 bits per heavy atom. The molecule has 1 N–H and O–H groups in total. The maximum atomic E-state index is 12.5. The normalized spacial score (nSPS) is 10.8. The highest BCUT2D eigenvalue weighted by Crippen LogP contribution is 2.26. The highest BCUT2D eigenvalue weighted by Gasteiger charge is 2.16. The molecule has 0 fully saturated rings. The Kier molecular flexibility index (Phi) is 6.16. The molecule has 1 amide bonds. The van der Waals surface area contributed by atoms with Crippen molar-refractivity contribution in [2.24, 2.45) is 0 Å². The van der Waals surface area contributed by atoms with Gasteiger partial charge >= 0.3 is 0 Å². The number of nitrogens with one attached hydrogen (secondary N) is 1. The van der Waals surface area contributed by atoms with E-state index in [0.29, 0.717) is 5.02 Å². The molecule has 0 saturated heterocycles. The Hall–Kier alpha value is -1.18. The molecule has 0 aliphatic heterocycles. The molecule has 0 saturated carbocycles. The highest BCUT2D eigenvalue weighted by atomic mass is 79.9. The minimum Gasteiger partial charge on any atom is -0.348 e. The summed E-state index contributed by atoms with van der Waals surface area (Å²) < 4.78 is 25.8. The maximum Gasteiger partial charge on any atom is 0.290 e. The van der Waals surface area contributed by atoms with Crippen molar-refractivity contribution in [2.45, 2.75) is 17.3 Å². The van der Waals surface area contributed by atoms with Gasteiger partial charge in [0.25, 0.3) is 11.7 Å². The fourth-order valence-electron chi connectivity index (χ4n) is 1.68. The van der Waals surface area contributed by atoms with Crippen LogP contribution in [0.2, 0.25) is 5.02 Å². The van der Waals surface area contributed by atoms with Crippen LogP contribution >= 0.6 is 39.3 Å². The number of aromatic nitrogens is 1. The number of rotatable bonds is 5. The van der Waals surface area contributed by atoms with E-state index in [1.807, 2.05) is 0 Å². The number of carbonyl (C=O) groups is 1. The molecule has 116 valence electrons. The Bertz CT molecular complexity index is 688. The fraction of sp³-hybridized carbons (Fsp3) is 0.143. The lowest BCUT2D eigenvalue weighted by Crippen LogP contribution is -2.24. The summed E-state index contributed by atoms with van der Waals surface area (Å²) in [7, 11) is 0. The summed E-state index contributed by atoms with van der Waals surface area (Å²) in [6, 6.07) is 8.26. The SMILES string of the molecule is O=C(NCc1ccc(Br)cc1Cl)c1cccnc1SC(F)F. The van der Waals surface area contributed by atoms with E-state index >= 15 is 0 Å². The monoisotopic (exact) mass is 406 g/mol. The average molecular weight is 408 g/mol. The topological polar surface area (TPSA) is 42.0 Å². The van der Waals surface area contributed by atoms with Gasteiger partial charge in [0, 0.05) is 22.2 Å². The van der Waals surface area contributed by atoms with Gasteiger partial charge in [-0.05, 0) is 41.6 Å². The van der Waals surface area contributed by atoms with Crippen LogP contribution in [0.25, 0.3) is 0 Å². The molecule has 1 aromatic heterocycles. The van der Waals surface area contributed by atoms with Crippen molar-refractivity contribution in [1.82, 2.24) is 10.3 Å².